The topological polar surface area (TPSA) is 38.3 Å². The van der Waals surface area contributed by atoms with Gasteiger partial charge in [0.2, 0.25) is 0 Å². The highest BCUT2D eigenvalue weighted by Gasteiger charge is 2.09. The molecule has 3 heteroatoms. The Balaban J connectivity index is 1.99. The first-order chi connectivity index (χ1) is 11.2. The number of carbonyl (C=O) groups excluding carboxylic acids is 1. The maximum Gasteiger partial charge on any atom is 0.338 e. The summed E-state index contributed by atoms with van der Waals surface area (Å²) in [6.07, 6.45) is 3.77. The van der Waals surface area contributed by atoms with Gasteiger partial charge in [-0.15, -0.1) is 6.58 Å². The van der Waals surface area contributed by atoms with Crippen molar-refractivity contribution in [1.82, 2.24) is 0 Å². The van der Waals surface area contributed by atoms with Crippen molar-refractivity contribution in [2.45, 2.75) is 25.8 Å². The van der Waals surface area contributed by atoms with E-state index in [2.05, 4.69) is 31.0 Å². The number of carbonyl (C=O) groups is 1. The molecule has 2 rings (SSSR count). The van der Waals surface area contributed by atoms with E-state index < -0.39 is 0 Å². The maximum absolute atomic E-state index is 11.9. The molecule has 3 nitrogen and oxygen atoms in total. The number of esters is 1. The van der Waals surface area contributed by atoms with Crippen LogP contribution in [0.1, 0.15) is 41.7 Å². The van der Waals surface area contributed by atoms with Gasteiger partial charge in [0.25, 0.3) is 0 Å². The van der Waals surface area contributed by atoms with E-state index in [9.17, 15) is 4.79 Å². The molecule has 0 saturated heterocycles. The van der Waals surface area contributed by atoms with Gasteiger partial charge in [-0.3, -0.25) is 0 Å². The first-order valence-corrected chi connectivity index (χ1v) is 7.96. The van der Waals surface area contributed by atoms with E-state index in [0.717, 1.165) is 24.1 Å². The molecule has 0 bridgehead atoms. The lowest BCUT2D eigenvalue weighted by Gasteiger charge is -2.16. The fourth-order valence-corrected chi connectivity index (χ4v) is 2.21. The summed E-state index contributed by atoms with van der Waals surface area (Å²) in [6, 6.07) is 17.5. The minimum atomic E-state index is -0.270. The molecule has 2 aromatic rings. The molecular formula is C20H23NO2. The van der Waals surface area contributed by atoms with Crippen molar-refractivity contribution in [3.63, 3.8) is 0 Å². The second-order valence-electron chi connectivity index (χ2n) is 5.34. The molecule has 0 aliphatic rings. The van der Waals surface area contributed by atoms with E-state index in [0.29, 0.717) is 12.2 Å². The Labute approximate surface area is 138 Å². The number of hydrogen-bond acceptors (Lipinski definition) is 3. The second-order valence-corrected chi connectivity index (χ2v) is 5.34. The van der Waals surface area contributed by atoms with Crippen molar-refractivity contribution in [1.29, 1.82) is 0 Å². The zero-order valence-corrected chi connectivity index (χ0v) is 13.5. The van der Waals surface area contributed by atoms with Gasteiger partial charge in [0.15, 0.2) is 0 Å². The number of rotatable bonds is 8. The summed E-state index contributed by atoms with van der Waals surface area (Å²) in [4.78, 5) is 11.9. The predicted molar refractivity (Wildman–Crippen MR) is 94.6 cm³/mol. The Morgan fingerprint density at radius 3 is 2.48 bits per heavy atom. The zero-order valence-electron chi connectivity index (χ0n) is 13.5. The molecule has 120 valence electrons. The molecule has 0 spiro atoms. The second kappa shape index (κ2) is 8.79. The van der Waals surface area contributed by atoms with Crippen LogP contribution in [-0.2, 0) is 4.74 Å². The van der Waals surface area contributed by atoms with Gasteiger partial charge >= 0.3 is 5.97 Å². The number of anilines is 1. The standard InChI is InChI=1S/C20H23NO2/c1-3-5-15-23-20(22)17-11-13-18(14-12-17)21-19(4-2)16-9-7-6-8-10-16/h4,6-14,19,21H,2-3,5,15H2,1H3. The lowest BCUT2D eigenvalue weighted by Crippen LogP contribution is -2.09. The molecule has 1 unspecified atom stereocenters. The largest absolute Gasteiger partial charge is 0.462 e. The Morgan fingerprint density at radius 2 is 1.87 bits per heavy atom. The number of ether oxygens (including phenoxy) is 1. The van der Waals surface area contributed by atoms with Gasteiger partial charge in [0.1, 0.15) is 0 Å². The van der Waals surface area contributed by atoms with Gasteiger partial charge in [0.05, 0.1) is 18.2 Å². The molecule has 1 N–H and O–H groups in total. The fraction of sp³-hybridized carbons (Fsp3) is 0.250. The summed E-state index contributed by atoms with van der Waals surface area (Å²) in [5, 5.41) is 3.39. The summed E-state index contributed by atoms with van der Waals surface area (Å²) in [5.74, 6) is -0.270. The van der Waals surface area contributed by atoms with Gasteiger partial charge in [-0.25, -0.2) is 4.79 Å². The third-order valence-electron chi connectivity index (χ3n) is 3.57. The summed E-state index contributed by atoms with van der Waals surface area (Å²) in [7, 11) is 0. The van der Waals surface area contributed by atoms with Crippen LogP contribution in [-0.4, -0.2) is 12.6 Å². The number of unbranched alkanes of at least 4 members (excludes halogenated alkanes) is 1. The smallest absolute Gasteiger partial charge is 0.338 e. The van der Waals surface area contributed by atoms with Crippen LogP contribution in [0.25, 0.3) is 0 Å². The summed E-state index contributed by atoms with van der Waals surface area (Å²) >= 11 is 0. The van der Waals surface area contributed by atoms with Crippen molar-refractivity contribution in [3.05, 3.63) is 78.4 Å². The molecule has 0 heterocycles. The molecule has 2 aromatic carbocycles. The first-order valence-electron chi connectivity index (χ1n) is 7.96. The highest BCUT2D eigenvalue weighted by Crippen LogP contribution is 2.21. The van der Waals surface area contributed by atoms with Crippen LogP contribution < -0.4 is 5.32 Å². The lowest BCUT2D eigenvalue weighted by atomic mass is 10.1. The van der Waals surface area contributed by atoms with E-state index in [1.54, 1.807) is 12.1 Å². The van der Waals surface area contributed by atoms with Gasteiger partial charge in [-0.2, -0.15) is 0 Å². The molecule has 23 heavy (non-hydrogen) atoms. The molecule has 0 aromatic heterocycles. The minimum absolute atomic E-state index is 0.0264. The normalized spacial score (nSPS) is 11.5. The van der Waals surface area contributed by atoms with Crippen molar-refractivity contribution in [3.8, 4) is 0 Å². The highest BCUT2D eigenvalue weighted by atomic mass is 16.5. The summed E-state index contributed by atoms with van der Waals surface area (Å²) in [5.41, 5.74) is 2.65. The van der Waals surface area contributed by atoms with Crippen LogP contribution in [0.2, 0.25) is 0 Å². The third kappa shape index (κ3) is 4.99. The molecule has 1 atom stereocenters. The average Bonchev–Trinajstić information content (AvgIpc) is 2.61. The number of hydrogen-bond donors (Lipinski definition) is 1. The Bertz CT molecular complexity index is 620. The van der Waals surface area contributed by atoms with Crippen LogP contribution in [0.5, 0.6) is 0 Å². The predicted octanol–water partition coefficient (Wildman–Crippen LogP) is 4.98. The monoisotopic (exact) mass is 309 g/mol. The van der Waals surface area contributed by atoms with Crippen molar-refractivity contribution in [2.24, 2.45) is 0 Å². The van der Waals surface area contributed by atoms with Crippen molar-refractivity contribution in [2.75, 3.05) is 11.9 Å². The van der Waals surface area contributed by atoms with E-state index in [1.165, 1.54) is 0 Å². The van der Waals surface area contributed by atoms with E-state index in [-0.39, 0.29) is 12.0 Å². The van der Waals surface area contributed by atoms with E-state index in [4.69, 9.17) is 4.74 Å². The highest BCUT2D eigenvalue weighted by molar-refractivity contribution is 5.89. The van der Waals surface area contributed by atoms with Gasteiger partial charge < -0.3 is 10.1 Å². The quantitative estimate of drug-likeness (QED) is 0.424. The van der Waals surface area contributed by atoms with Crippen molar-refractivity contribution >= 4 is 11.7 Å². The molecule has 0 aliphatic heterocycles. The van der Waals surface area contributed by atoms with Crippen LogP contribution in [0, 0.1) is 0 Å². The third-order valence-corrected chi connectivity index (χ3v) is 3.57. The van der Waals surface area contributed by atoms with E-state index >= 15 is 0 Å². The zero-order chi connectivity index (χ0) is 16.5. The Hall–Kier alpha value is -2.55. The molecular weight excluding hydrogens is 286 g/mol. The average molecular weight is 309 g/mol. The molecule has 0 aliphatic carbocycles. The Kier molecular flexibility index (Phi) is 6.42. The minimum Gasteiger partial charge on any atom is -0.462 e. The summed E-state index contributed by atoms with van der Waals surface area (Å²) in [6.45, 7) is 6.43. The van der Waals surface area contributed by atoms with Crippen LogP contribution in [0.4, 0.5) is 5.69 Å². The van der Waals surface area contributed by atoms with Crippen molar-refractivity contribution < 1.29 is 9.53 Å². The van der Waals surface area contributed by atoms with Crippen LogP contribution in [0.15, 0.2) is 67.3 Å². The lowest BCUT2D eigenvalue weighted by molar-refractivity contribution is 0.0500. The van der Waals surface area contributed by atoms with Crippen LogP contribution >= 0.6 is 0 Å². The molecule has 0 saturated carbocycles. The Morgan fingerprint density at radius 1 is 1.17 bits per heavy atom. The maximum atomic E-state index is 11.9. The van der Waals surface area contributed by atoms with Gasteiger partial charge in [0, 0.05) is 5.69 Å². The van der Waals surface area contributed by atoms with Crippen LogP contribution in [0.3, 0.4) is 0 Å². The first kappa shape index (κ1) is 16.8. The molecule has 0 fully saturated rings. The van der Waals surface area contributed by atoms with E-state index in [1.807, 2.05) is 36.4 Å². The molecule has 0 radical (unpaired) electrons. The summed E-state index contributed by atoms with van der Waals surface area (Å²) < 4.78 is 5.20. The SMILES string of the molecule is C=CC(Nc1ccc(C(=O)OCCCC)cc1)c1ccccc1. The fourth-order valence-electron chi connectivity index (χ4n) is 2.21. The molecule has 0 amide bonds. The number of benzene rings is 2. The van der Waals surface area contributed by atoms with Gasteiger partial charge in [-0.1, -0.05) is 49.8 Å². The van der Waals surface area contributed by atoms with Gasteiger partial charge in [-0.05, 0) is 36.2 Å². The number of nitrogens with one attached hydrogen (secondary N) is 1.